The normalized spacial score (nSPS) is 11.8. The molecule has 1 unspecified atom stereocenters. The zero-order valence-corrected chi connectivity index (χ0v) is 9.26. The Morgan fingerprint density at radius 3 is 3.14 bits per heavy atom. The molecule has 0 fully saturated rings. The number of anilines is 1. The Kier molecular flexibility index (Phi) is 3.72. The van der Waals surface area contributed by atoms with Crippen molar-refractivity contribution in [2.45, 2.75) is 19.4 Å². The molecular weight excluding hydrogens is 246 g/mol. The predicted octanol–water partition coefficient (Wildman–Crippen LogP) is 1.36. The Balaban J connectivity index is 2.93. The monoisotopic (exact) mass is 255 g/mol. The molecule has 0 spiro atoms. The first-order valence-corrected chi connectivity index (χ1v) is 4.94. The van der Waals surface area contributed by atoms with Gasteiger partial charge in [0.15, 0.2) is 0 Å². The SMILES string of the molecule is C#CC(CC)Nc1cn[nH]c(=O)c1Br. The van der Waals surface area contributed by atoms with E-state index >= 15 is 0 Å². The van der Waals surface area contributed by atoms with Crippen LogP contribution in [-0.2, 0) is 0 Å². The number of aromatic amines is 1. The number of halogens is 1. The molecule has 0 bridgehead atoms. The first-order chi connectivity index (χ1) is 6.69. The Morgan fingerprint density at radius 2 is 2.57 bits per heavy atom. The maximum Gasteiger partial charge on any atom is 0.280 e. The molecule has 14 heavy (non-hydrogen) atoms. The summed E-state index contributed by atoms with van der Waals surface area (Å²) in [4.78, 5) is 11.1. The molecule has 0 radical (unpaired) electrons. The van der Waals surface area contributed by atoms with E-state index in [2.05, 4.69) is 37.4 Å². The van der Waals surface area contributed by atoms with Gasteiger partial charge in [0.2, 0.25) is 0 Å². The van der Waals surface area contributed by atoms with E-state index < -0.39 is 0 Å². The molecule has 4 nitrogen and oxygen atoms in total. The number of terminal acetylenes is 1. The zero-order valence-electron chi connectivity index (χ0n) is 7.67. The summed E-state index contributed by atoms with van der Waals surface area (Å²) in [5.74, 6) is 2.57. The van der Waals surface area contributed by atoms with Crippen LogP contribution in [0.15, 0.2) is 15.5 Å². The van der Waals surface area contributed by atoms with E-state index in [1.54, 1.807) is 0 Å². The van der Waals surface area contributed by atoms with E-state index in [4.69, 9.17) is 6.42 Å². The lowest BCUT2D eigenvalue weighted by Gasteiger charge is -2.12. The maximum atomic E-state index is 11.1. The first-order valence-electron chi connectivity index (χ1n) is 4.14. The van der Waals surface area contributed by atoms with Gasteiger partial charge >= 0.3 is 0 Å². The Morgan fingerprint density at radius 1 is 1.86 bits per heavy atom. The van der Waals surface area contributed by atoms with Crippen LogP contribution in [0.1, 0.15) is 13.3 Å². The standard InChI is InChI=1S/C9H10BrN3O/c1-3-6(4-2)12-7-5-11-13-9(14)8(7)10/h1,5-6H,4H2,2H3,(H2,12,13,14). The maximum absolute atomic E-state index is 11.1. The van der Waals surface area contributed by atoms with Gasteiger partial charge in [-0.1, -0.05) is 12.8 Å². The van der Waals surface area contributed by atoms with Crippen LogP contribution in [0.5, 0.6) is 0 Å². The van der Waals surface area contributed by atoms with Gasteiger partial charge in [0.25, 0.3) is 5.56 Å². The Labute approximate surface area is 90.2 Å². The highest BCUT2D eigenvalue weighted by Gasteiger charge is 2.07. The van der Waals surface area contributed by atoms with Crippen LogP contribution in [0.25, 0.3) is 0 Å². The smallest absolute Gasteiger partial charge is 0.280 e. The molecule has 74 valence electrons. The number of nitrogens with one attached hydrogen (secondary N) is 2. The number of hydrogen-bond donors (Lipinski definition) is 2. The first kappa shape index (κ1) is 10.8. The lowest BCUT2D eigenvalue weighted by molar-refractivity contribution is 0.850. The molecule has 2 N–H and O–H groups in total. The molecule has 1 heterocycles. The highest BCUT2D eigenvalue weighted by molar-refractivity contribution is 9.10. The van der Waals surface area contributed by atoms with Crippen LogP contribution in [0.4, 0.5) is 5.69 Å². The van der Waals surface area contributed by atoms with Crippen molar-refractivity contribution in [1.82, 2.24) is 10.2 Å². The summed E-state index contributed by atoms with van der Waals surface area (Å²) in [6, 6.07) is -0.0881. The quantitative estimate of drug-likeness (QED) is 0.803. The molecule has 1 aromatic heterocycles. The number of rotatable bonds is 3. The van der Waals surface area contributed by atoms with E-state index in [9.17, 15) is 4.79 Å². The summed E-state index contributed by atoms with van der Waals surface area (Å²) in [7, 11) is 0. The second-order valence-corrected chi connectivity index (χ2v) is 3.49. The summed E-state index contributed by atoms with van der Waals surface area (Å²) in [5, 5.41) is 9.00. The minimum absolute atomic E-state index is 0.0881. The molecule has 1 rings (SSSR count). The minimum atomic E-state index is -0.276. The molecule has 0 aliphatic heterocycles. The van der Waals surface area contributed by atoms with Crippen molar-refractivity contribution in [3.05, 3.63) is 21.0 Å². The Bertz CT molecular complexity index is 407. The average Bonchev–Trinajstić information content (AvgIpc) is 2.20. The summed E-state index contributed by atoms with van der Waals surface area (Å²) in [6.07, 6.45) is 7.59. The number of hydrogen-bond acceptors (Lipinski definition) is 3. The fourth-order valence-corrected chi connectivity index (χ4v) is 1.24. The summed E-state index contributed by atoms with van der Waals surface area (Å²) >= 11 is 3.15. The van der Waals surface area contributed by atoms with Crippen molar-refractivity contribution < 1.29 is 0 Å². The number of aromatic nitrogens is 2. The van der Waals surface area contributed by atoms with Crippen molar-refractivity contribution in [1.29, 1.82) is 0 Å². The topological polar surface area (TPSA) is 57.8 Å². The third-order valence-corrected chi connectivity index (χ3v) is 2.52. The van der Waals surface area contributed by atoms with E-state index in [1.807, 2.05) is 6.92 Å². The van der Waals surface area contributed by atoms with Gasteiger partial charge in [-0.2, -0.15) is 5.10 Å². The molecule has 5 heteroatoms. The van der Waals surface area contributed by atoms with Crippen molar-refractivity contribution in [3.8, 4) is 12.3 Å². The van der Waals surface area contributed by atoms with Crippen LogP contribution in [0.2, 0.25) is 0 Å². The fraction of sp³-hybridized carbons (Fsp3) is 0.333. The highest BCUT2D eigenvalue weighted by atomic mass is 79.9. The molecular formula is C9H10BrN3O. The van der Waals surface area contributed by atoms with E-state index in [0.29, 0.717) is 10.2 Å². The molecule has 0 aliphatic carbocycles. The molecule has 1 aromatic rings. The minimum Gasteiger partial charge on any atom is -0.369 e. The van der Waals surface area contributed by atoms with Gasteiger partial charge in [-0.05, 0) is 22.4 Å². The number of nitrogens with zero attached hydrogens (tertiary/aromatic N) is 1. The molecule has 0 aliphatic rings. The largest absolute Gasteiger partial charge is 0.369 e. The van der Waals surface area contributed by atoms with Gasteiger partial charge in [0.1, 0.15) is 4.47 Å². The van der Waals surface area contributed by atoms with Crippen molar-refractivity contribution in [2.24, 2.45) is 0 Å². The van der Waals surface area contributed by atoms with Crippen molar-refractivity contribution in [2.75, 3.05) is 5.32 Å². The lowest BCUT2D eigenvalue weighted by atomic mass is 10.2. The molecule has 0 aromatic carbocycles. The molecule has 0 saturated carbocycles. The second-order valence-electron chi connectivity index (χ2n) is 2.70. The molecule has 0 amide bonds. The van der Waals surface area contributed by atoms with Crippen LogP contribution in [-0.4, -0.2) is 16.2 Å². The van der Waals surface area contributed by atoms with E-state index in [1.165, 1.54) is 6.20 Å². The van der Waals surface area contributed by atoms with Crippen LogP contribution in [0.3, 0.4) is 0 Å². The van der Waals surface area contributed by atoms with Gasteiger partial charge in [-0.15, -0.1) is 6.42 Å². The van der Waals surface area contributed by atoms with Gasteiger partial charge in [-0.25, -0.2) is 5.10 Å². The molecule has 0 saturated heterocycles. The predicted molar refractivity (Wildman–Crippen MR) is 59.1 cm³/mol. The second kappa shape index (κ2) is 4.82. The van der Waals surface area contributed by atoms with Crippen molar-refractivity contribution >= 4 is 21.6 Å². The van der Waals surface area contributed by atoms with Gasteiger partial charge in [-0.3, -0.25) is 4.79 Å². The van der Waals surface area contributed by atoms with E-state index in [-0.39, 0.29) is 11.6 Å². The zero-order chi connectivity index (χ0) is 10.6. The van der Waals surface area contributed by atoms with Crippen LogP contribution >= 0.6 is 15.9 Å². The summed E-state index contributed by atoms with van der Waals surface area (Å²) < 4.78 is 0.418. The third-order valence-electron chi connectivity index (χ3n) is 1.73. The van der Waals surface area contributed by atoms with Crippen LogP contribution < -0.4 is 10.9 Å². The number of H-pyrrole nitrogens is 1. The molecule has 1 atom stereocenters. The lowest BCUT2D eigenvalue weighted by Crippen LogP contribution is -2.19. The average molecular weight is 256 g/mol. The Hall–Kier alpha value is -1.28. The summed E-state index contributed by atoms with van der Waals surface area (Å²) in [6.45, 7) is 1.96. The third kappa shape index (κ3) is 2.36. The van der Waals surface area contributed by atoms with Crippen LogP contribution in [0, 0.1) is 12.3 Å². The van der Waals surface area contributed by atoms with Crippen molar-refractivity contribution in [3.63, 3.8) is 0 Å². The van der Waals surface area contributed by atoms with Gasteiger partial charge < -0.3 is 5.32 Å². The highest BCUT2D eigenvalue weighted by Crippen LogP contribution is 2.16. The van der Waals surface area contributed by atoms with E-state index in [0.717, 1.165) is 6.42 Å². The van der Waals surface area contributed by atoms with Gasteiger partial charge in [0.05, 0.1) is 17.9 Å². The van der Waals surface area contributed by atoms with Gasteiger partial charge in [0, 0.05) is 0 Å². The summed E-state index contributed by atoms with van der Waals surface area (Å²) in [5.41, 5.74) is 0.334. The fourth-order valence-electron chi connectivity index (χ4n) is 0.933.